The van der Waals surface area contributed by atoms with Crippen LogP contribution in [0.1, 0.15) is 6.92 Å². The van der Waals surface area contributed by atoms with Gasteiger partial charge in [-0.2, -0.15) is 0 Å². The van der Waals surface area contributed by atoms with Crippen LogP contribution in [0.15, 0.2) is 18.2 Å². The van der Waals surface area contributed by atoms with Gasteiger partial charge in [0.15, 0.2) is 11.6 Å². The van der Waals surface area contributed by atoms with Gasteiger partial charge < -0.3 is 15.2 Å². The first-order valence-electron chi connectivity index (χ1n) is 4.82. The molecule has 1 unspecified atom stereocenters. The third-order valence-corrected chi connectivity index (χ3v) is 2.07. The molecule has 94 valence electrons. The van der Waals surface area contributed by atoms with Gasteiger partial charge in [0.25, 0.3) is 0 Å². The number of halogens is 2. The highest BCUT2D eigenvalue weighted by Crippen LogP contribution is 2.18. The summed E-state index contributed by atoms with van der Waals surface area (Å²) in [6.07, 6.45) is 0. The van der Waals surface area contributed by atoms with Gasteiger partial charge in [0.1, 0.15) is 18.0 Å². The highest BCUT2D eigenvalue weighted by molar-refractivity contribution is 5.80. The molecule has 4 nitrogen and oxygen atoms in total. The number of nitrogens with two attached hydrogens (primary N) is 1. The summed E-state index contributed by atoms with van der Waals surface area (Å²) in [6, 6.07) is 2.85. The van der Waals surface area contributed by atoms with Crippen molar-refractivity contribution in [3.63, 3.8) is 0 Å². The molecule has 0 saturated carbocycles. The highest BCUT2D eigenvalue weighted by Gasteiger charge is 2.30. The molecule has 1 rings (SSSR count). The third-order valence-electron chi connectivity index (χ3n) is 2.07. The lowest BCUT2D eigenvalue weighted by atomic mass is 10.1. The van der Waals surface area contributed by atoms with E-state index in [1.807, 2.05) is 0 Å². The van der Waals surface area contributed by atoms with Gasteiger partial charge >= 0.3 is 5.97 Å². The second-order valence-corrected chi connectivity index (χ2v) is 3.77. The predicted octanol–water partition coefficient (Wildman–Crippen LogP) is 1.23. The summed E-state index contributed by atoms with van der Waals surface area (Å²) in [4.78, 5) is 11.2. The van der Waals surface area contributed by atoms with Gasteiger partial charge in [0, 0.05) is 6.07 Å². The van der Waals surface area contributed by atoms with Crippen LogP contribution in [0.3, 0.4) is 0 Å². The standard InChI is InChI=1S/C11H13F2NO3/c1-11(14,10(15)16-2)6-17-9-4-3-7(12)5-8(9)13/h3-5H,6,14H2,1-2H3. The van der Waals surface area contributed by atoms with Crippen LogP contribution in [0.25, 0.3) is 0 Å². The van der Waals surface area contributed by atoms with Crippen molar-refractivity contribution >= 4 is 5.97 Å². The first kappa shape index (κ1) is 13.4. The van der Waals surface area contributed by atoms with Crippen LogP contribution in [0.4, 0.5) is 8.78 Å². The van der Waals surface area contributed by atoms with Crippen LogP contribution in [0.5, 0.6) is 5.75 Å². The zero-order valence-corrected chi connectivity index (χ0v) is 9.50. The maximum absolute atomic E-state index is 13.2. The van der Waals surface area contributed by atoms with E-state index in [9.17, 15) is 13.6 Å². The van der Waals surface area contributed by atoms with Crippen molar-refractivity contribution in [3.8, 4) is 5.75 Å². The lowest BCUT2D eigenvalue weighted by Gasteiger charge is -2.21. The van der Waals surface area contributed by atoms with Crippen LogP contribution in [-0.2, 0) is 9.53 Å². The largest absolute Gasteiger partial charge is 0.488 e. The summed E-state index contributed by atoms with van der Waals surface area (Å²) in [5.41, 5.74) is 4.21. The number of ether oxygens (including phenoxy) is 2. The smallest absolute Gasteiger partial charge is 0.329 e. The fourth-order valence-corrected chi connectivity index (χ4v) is 1.11. The SMILES string of the molecule is COC(=O)C(C)(N)COc1ccc(F)cc1F. The Morgan fingerprint density at radius 3 is 2.65 bits per heavy atom. The monoisotopic (exact) mass is 245 g/mol. The Hall–Kier alpha value is -1.69. The van der Waals surface area contributed by atoms with Gasteiger partial charge in [-0.05, 0) is 19.1 Å². The summed E-state index contributed by atoms with van der Waals surface area (Å²) in [5, 5.41) is 0. The van der Waals surface area contributed by atoms with Gasteiger partial charge in [0.05, 0.1) is 7.11 Å². The second kappa shape index (κ2) is 5.09. The molecule has 0 heterocycles. The van der Waals surface area contributed by atoms with E-state index in [1.54, 1.807) is 0 Å². The molecule has 0 amide bonds. The molecule has 0 fully saturated rings. The van der Waals surface area contributed by atoms with Crippen LogP contribution in [-0.4, -0.2) is 25.2 Å². The van der Waals surface area contributed by atoms with Crippen molar-refractivity contribution in [2.24, 2.45) is 5.73 Å². The predicted molar refractivity (Wildman–Crippen MR) is 56.5 cm³/mol. The Balaban J connectivity index is 2.70. The van der Waals surface area contributed by atoms with Crippen molar-refractivity contribution < 1.29 is 23.0 Å². The van der Waals surface area contributed by atoms with E-state index in [-0.39, 0.29) is 12.4 Å². The number of rotatable bonds is 4. The first-order chi connectivity index (χ1) is 7.86. The summed E-state index contributed by atoms with van der Waals surface area (Å²) < 4.78 is 35.3. The molecule has 0 aromatic heterocycles. The molecule has 0 spiro atoms. The number of hydrogen-bond donors (Lipinski definition) is 1. The normalized spacial score (nSPS) is 13.9. The molecule has 17 heavy (non-hydrogen) atoms. The number of carbonyl (C=O) groups excluding carboxylic acids is 1. The average molecular weight is 245 g/mol. The molecule has 0 aliphatic heterocycles. The molecule has 2 N–H and O–H groups in total. The molecule has 0 aliphatic rings. The fraction of sp³-hybridized carbons (Fsp3) is 0.364. The number of hydrogen-bond acceptors (Lipinski definition) is 4. The number of esters is 1. The van der Waals surface area contributed by atoms with Crippen molar-refractivity contribution in [1.29, 1.82) is 0 Å². The number of benzene rings is 1. The molecule has 1 aromatic rings. The van der Waals surface area contributed by atoms with Gasteiger partial charge in [-0.3, -0.25) is 0 Å². The summed E-state index contributed by atoms with van der Waals surface area (Å²) in [5.74, 6) is -2.42. The van der Waals surface area contributed by atoms with E-state index in [1.165, 1.54) is 14.0 Å². The Morgan fingerprint density at radius 1 is 1.47 bits per heavy atom. The maximum Gasteiger partial charge on any atom is 0.329 e. The van der Waals surface area contributed by atoms with Gasteiger partial charge in [0.2, 0.25) is 0 Å². The van der Waals surface area contributed by atoms with Gasteiger partial charge in [-0.15, -0.1) is 0 Å². The minimum Gasteiger partial charge on any atom is -0.488 e. The highest BCUT2D eigenvalue weighted by atomic mass is 19.1. The van der Waals surface area contributed by atoms with E-state index in [4.69, 9.17) is 10.5 Å². The van der Waals surface area contributed by atoms with Crippen LogP contribution in [0.2, 0.25) is 0 Å². The zero-order valence-electron chi connectivity index (χ0n) is 9.50. The van der Waals surface area contributed by atoms with E-state index < -0.39 is 23.1 Å². The molecule has 0 aliphatic carbocycles. The minimum absolute atomic E-state index is 0.174. The molecule has 0 saturated heterocycles. The van der Waals surface area contributed by atoms with E-state index in [2.05, 4.69) is 4.74 Å². The molecule has 6 heteroatoms. The third kappa shape index (κ3) is 3.39. The number of methoxy groups -OCH3 is 1. The molecule has 1 aromatic carbocycles. The average Bonchev–Trinajstić information content (AvgIpc) is 2.26. The Labute approximate surface area is 97.3 Å². The molecule has 1 atom stereocenters. The maximum atomic E-state index is 13.2. The van der Waals surface area contributed by atoms with Gasteiger partial charge in [-0.1, -0.05) is 0 Å². The van der Waals surface area contributed by atoms with E-state index >= 15 is 0 Å². The van der Waals surface area contributed by atoms with Gasteiger partial charge in [-0.25, -0.2) is 13.6 Å². The lowest BCUT2D eigenvalue weighted by Crippen LogP contribution is -2.50. The number of carbonyl (C=O) groups is 1. The minimum atomic E-state index is -1.39. The molecule has 0 radical (unpaired) electrons. The Bertz CT molecular complexity index is 421. The first-order valence-corrected chi connectivity index (χ1v) is 4.82. The Morgan fingerprint density at radius 2 is 2.12 bits per heavy atom. The van der Waals surface area contributed by atoms with E-state index in [0.29, 0.717) is 6.07 Å². The van der Waals surface area contributed by atoms with E-state index in [0.717, 1.165) is 12.1 Å². The quantitative estimate of drug-likeness (QED) is 0.810. The molecular weight excluding hydrogens is 232 g/mol. The molecule has 0 bridgehead atoms. The zero-order chi connectivity index (χ0) is 13.1. The van der Waals surface area contributed by atoms with Crippen LogP contribution >= 0.6 is 0 Å². The van der Waals surface area contributed by atoms with Crippen molar-refractivity contribution in [1.82, 2.24) is 0 Å². The van der Waals surface area contributed by atoms with Crippen LogP contribution in [0, 0.1) is 11.6 Å². The van der Waals surface area contributed by atoms with Crippen molar-refractivity contribution in [3.05, 3.63) is 29.8 Å². The van der Waals surface area contributed by atoms with Crippen molar-refractivity contribution in [2.45, 2.75) is 12.5 Å². The summed E-state index contributed by atoms with van der Waals surface area (Å²) in [7, 11) is 1.19. The van der Waals surface area contributed by atoms with Crippen LogP contribution < -0.4 is 10.5 Å². The lowest BCUT2D eigenvalue weighted by molar-refractivity contribution is -0.147. The topological polar surface area (TPSA) is 61.5 Å². The Kier molecular flexibility index (Phi) is 4.01. The fourth-order valence-electron chi connectivity index (χ4n) is 1.11. The second-order valence-electron chi connectivity index (χ2n) is 3.77. The summed E-state index contributed by atoms with van der Waals surface area (Å²) >= 11 is 0. The molecular formula is C11H13F2NO3. The van der Waals surface area contributed by atoms with Crippen molar-refractivity contribution in [2.75, 3.05) is 13.7 Å². The summed E-state index contributed by atoms with van der Waals surface area (Å²) in [6.45, 7) is 1.11.